The second kappa shape index (κ2) is 9.93. The normalized spacial score (nSPS) is 26.2. The number of benzene rings is 2. The second-order valence-corrected chi connectivity index (χ2v) is 11.5. The number of ketones is 1. The number of carbonyl (C=O) groups excluding carboxylic acids is 3. The van der Waals surface area contributed by atoms with Crippen LogP contribution in [0.4, 0.5) is 0 Å². The fourth-order valence-corrected chi connectivity index (χ4v) is 7.51. The third-order valence-electron chi connectivity index (χ3n) is 8.97. The molecule has 4 saturated carbocycles. The highest BCUT2D eigenvalue weighted by molar-refractivity contribution is 5.98. The van der Waals surface area contributed by atoms with Crippen molar-refractivity contribution in [1.82, 2.24) is 10.3 Å². The van der Waals surface area contributed by atoms with Gasteiger partial charge < -0.3 is 19.8 Å². The Hall–Kier alpha value is -3.61. The van der Waals surface area contributed by atoms with Crippen LogP contribution in [0.5, 0.6) is 5.75 Å². The van der Waals surface area contributed by atoms with Gasteiger partial charge in [-0.05, 0) is 92.2 Å². The van der Waals surface area contributed by atoms with Crippen LogP contribution in [0.3, 0.4) is 0 Å². The van der Waals surface area contributed by atoms with Gasteiger partial charge in [0.2, 0.25) is 5.91 Å². The lowest BCUT2D eigenvalue weighted by molar-refractivity contribution is -0.153. The maximum absolute atomic E-state index is 13.8. The van der Waals surface area contributed by atoms with Crippen molar-refractivity contribution in [2.24, 2.45) is 23.2 Å². The molecular formula is C31H34N2O5. The Balaban J connectivity index is 1.19. The number of fused-ring (bicyclic) bond motifs is 1. The van der Waals surface area contributed by atoms with Crippen LogP contribution in [0.2, 0.25) is 0 Å². The number of rotatable bonds is 9. The van der Waals surface area contributed by atoms with Gasteiger partial charge in [-0.25, -0.2) is 4.79 Å². The molecule has 4 aliphatic rings. The van der Waals surface area contributed by atoms with Gasteiger partial charge in [-0.15, -0.1) is 0 Å². The average molecular weight is 515 g/mol. The van der Waals surface area contributed by atoms with E-state index in [1.54, 1.807) is 31.4 Å². The predicted molar refractivity (Wildman–Crippen MR) is 143 cm³/mol. The number of aromatic amines is 1. The number of hydrogen-bond donors (Lipinski definition) is 2. The predicted octanol–water partition coefficient (Wildman–Crippen LogP) is 4.85. The van der Waals surface area contributed by atoms with Gasteiger partial charge in [0.1, 0.15) is 11.8 Å². The number of methoxy groups -OCH3 is 1. The zero-order valence-corrected chi connectivity index (χ0v) is 21.7. The summed E-state index contributed by atoms with van der Waals surface area (Å²) < 4.78 is 10.7. The van der Waals surface area contributed by atoms with Gasteiger partial charge in [0.15, 0.2) is 12.4 Å². The van der Waals surface area contributed by atoms with Crippen LogP contribution in [-0.2, 0) is 20.7 Å². The van der Waals surface area contributed by atoms with Crippen molar-refractivity contribution in [3.8, 4) is 5.75 Å². The number of nitrogens with one attached hydrogen (secondary N) is 2. The molecule has 4 fully saturated rings. The number of amides is 1. The van der Waals surface area contributed by atoms with Crippen molar-refractivity contribution in [1.29, 1.82) is 0 Å². The topological polar surface area (TPSA) is 97.5 Å². The molecule has 198 valence electrons. The maximum atomic E-state index is 13.8. The van der Waals surface area contributed by atoms with Gasteiger partial charge in [-0.1, -0.05) is 18.2 Å². The molecule has 7 heteroatoms. The summed E-state index contributed by atoms with van der Waals surface area (Å²) in [6.45, 7) is -0.386. The Morgan fingerprint density at radius 2 is 1.63 bits per heavy atom. The molecule has 4 bridgehead atoms. The molecule has 0 aliphatic heterocycles. The van der Waals surface area contributed by atoms with Crippen molar-refractivity contribution in [2.75, 3.05) is 13.7 Å². The Labute approximate surface area is 222 Å². The van der Waals surface area contributed by atoms with E-state index >= 15 is 0 Å². The van der Waals surface area contributed by atoms with E-state index in [4.69, 9.17) is 9.47 Å². The summed E-state index contributed by atoms with van der Waals surface area (Å²) >= 11 is 0. The van der Waals surface area contributed by atoms with Crippen molar-refractivity contribution in [3.63, 3.8) is 0 Å². The SMILES string of the molecule is COc1ccc(C(=O)COC(=O)C(Cc2c[nH]c3ccccc23)NC(=O)C23CC4CC(CC(C4)C2)C3)cc1. The summed E-state index contributed by atoms with van der Waals surface area (Å²) in [5.74, 6) is 1.58. The number of carbonyl (C=O) groups is 3. The van der Waals surface area contributed by atoms with Crippen molar-refractivity contribution in [2.45, 2.75) is 51.0 Å². The van der Waals surface area contributed by atoms with E-state index < -0.39 is 12.0 Å². The lowest BCUT2D eigenvalue weighted by atomic mass is 9.49. The standard InChI is InChI=1S/C31H34N2O5/c1-37-24-8-6-22(7-9-24)28(34)18-38-29(35)27(13-23-17-32-26-5-3-2-4-25(23)26)33-30(36)31-14-19-10-20(15-31)12-21(11-19)16-31/h2-9,17,19-21,27,32H,10-16,18H2,1H3,(H,33,36). The van der Waals surface area contributed by atoms with E-state index in [2.05, 4.69) is 10.3 Å². The molecule has 0 spiro atoms. The smallest absolute Gasteiger partial charge is 0.329 e. The molecular weight excluding hydrogens is 480 g/mol. The first-order valence-electron chi connectivity index (χ1n) is 13.6. The fraction of sp³-hybridized carbons (Fsp3) is 0.452. The fourth-order valence-electron chi connectivity index (χ4n) is 7.51. The van der Waals surface area contributed by atoms with Crippen LogP contribution in [0.1, 0.15) is 54.4 Å². The van der Waals surface area contributed by atoms with E-state index in [0.717, 1.165) is 35.7 Å². The number of aromatic nitrogens is 1. The van der Waals surface area contributed by atoms with Gasteiger partial charge in [-0.2, -0.15) is 0 Å². The van der Waals surface area contributed by atoms with E-state index in [9.17, 15) is 14.4 Å². The van der Waals surface area contributed by atoms with Gasteiger partial charge in [-0.3, -0.25) is 9.59 Å². The highest BCUT2D eigenvalue weighted by Gasteiger charge is 2.55. The molecule has 1 amide bonds. The maximum Gasteiger partial charge on any atom is 0.329 e. The van der Waals surface area contributed by atoms with Crippen LogP contribution in [0, 0.1) is 23.2 Å². The van der Waals surface area contributed by atoms with Crippen molar-refractivity contribution < 1.29 is 23.9 Å². The van der Waals surface area contributed by atoms with Gasteiger partial charge >= 0.3 is 5.97 Å². The molecule has 0 saturated heterocycles. The third kappa shape index (κ3) is 4.70. The van der Waals surface area contributed by atoms with Crippen molar-refractivity contribution >= 4 is 28.6 Å². The molecule has 7 rings (SSSR count). The van der Waals surface area contributed by atoms with Gasteiger partial charge in [0, 0.05) is 34.5 Å². The minimum atomic E-state index is -0.877. The first-order chi connectivity index (χ1) is 18.4. The Morgan fingerprint density at radius 1 is 0.974 bits per heavy atom. The summed E-state index contributed by atoms with van der Waals surface area (Å²) in [4.78, 5) is 43.2. The molecule has 1 atom stereocenters. The lowest BCUT2D eigenvalue weighted by Crippen LogP contribution is -2.56. The van der Waals surface area contributed by atoms with E-state index in [1.165, 1.54) is 19.3 Å². The Bertz CT molecular complexity index is 1320. The monoisotopic (exact) mass is 514 g/mol. The molecule has 1 heterocycles. The summed E-state index contributed by atoms with van der Waals surface area (Å²) in [7, 11) is 1.56. The number of hydrogen-bond acceptors (Lipinski definition) is 5. The number of para-hydroxylation sites is 1. The summed E-state index contributed by atoms with van der Waals surface area (Å²) in [5, 5.41) is 4.10. The van der Waals surface area contributed by atoms with E-state index in [1.807, 2.05) is 30.5 Å². The van der Waals surface area contributed by atoms with Crippen LogP contribution in [-0.4, -0.2) is 42.4 Å². The Morgan fingerprint density at radius 3 is 2.29 bits per heavy atom. The largest absolute Gasteiger partial charge is 0.497 e. The van der Waals surface area contributed by atoms with Crippen LogP contribution >= 0.6 is 0 Å². The molecule has 38 heavy (non-hydrogen) atoms. The zero-order chi connectivity index (χ0) is 26.3. The molecule has 3 aromatic rings. The quantitative estimate of drug-likeness (QED) is 0.314. The molecule has 2 aromatic carbocycles. The highest BCUT2D eigenvalue weighted by Crippen LogP contribution is 2.60. The van der Waals surface area contributed by atoms with Crippen LogP contribution in [0.25, 0.3) is 10.9 Å². The molecule has 0 radical (unpaired) electrons. The van der Waals surface area contributed by atoms with Gasteiger partial charge in [0.05, 0.1) is 7.11 Å². The third-order valence-corrected chi connectivity index (χ3v) is 8.97. The number of H-pyrrole nitrogens is 1. The number of ether oxygens (including phenoxy) is 2. The van der Waals surface area contributed by atoms with Crippen LogP contribution < -0.4 is 10.1 Å². The summed E-state index contributed by atoms with van der Waals surface area (Å²) in [6, 6.07) is 13.7. The molecule has 2 N–H and O–H groups in total. The molecule has 7 nitrogen and oxygen atoms in total. The van der Waals surface area contributed by atoms with Crippen molar-refractivity contribution in [3.05, 3.63) is 65.9 Å². The number of Topliss-reactive ketones (excluding diaryl/α,β-unsaturated/α-hetero) is 1. The molecule has 1 unspecified atom stereocenters. The summed E-state index contributed by atoms with van der Waals surface area (Å²) in [6.07, 6.45) is 8.62. The highest BCUT2D eigenvalue weighted by atomic mass is 16.5. The summed E-state index contributed by atoms with van der Waals surface area (Å²) in [5.41, 5.74) is 1.95. The molecule has 1 aromatic heterocycles. The van der Waals surface area contributed by atoms with Gasteiger partial charge in [0.25, 0.3) is 0 Å². The zero-order valence-electron chi connectivity index (χ0n) is 21.7. The van der Waals surface area contributed by atoms with E-state index in [0.29, 0.717) is 29.1 Å². The minimum Gasteiger partial charge on any atom is -0.497 e. The number of esters is 1. The van der Waals surface area contributed by atoms with Crippen LogP contribution in [0.15, 0.2) is 54.7 Å². The second-order valence-electron chi connectivity index (χ2n) is 11.5. The average Bonchev–Trinajstić information content (AvgIpc) is 3.33. The minimum absolute atomic E-state index is 0.0279. The Kier molecular flexibility index (Phi) is 6.46. The first kappa shape index (κ1) is 24.7. The lowest BCUT2D eigenvalue weighted by Gasteiger charge is -2.55. The molecule has 4 aliphatic carbocycles. The van der Waals surface area contributed by atoms with E-state index in [-0.39, 0.29) is 30.1 Å². The first-order valence-corrected chi connectivity index (χ1v) is 13.6.